The number of hydrogen-bond acceptors (Lipinski definition) is 5. The normalized spacial score (nSPS) is 46.1. The SMILES string of the molecule is CC[C@@H]1C2C[C@H](O)CC[C@]2(C)C2CC[C@]3(C)[C@@H]([C@H](C)CCOC(=O)N4CCC(CO)CC4)CC[C@H]3[C@@H]2[C@@H]1O. The molecule has 0 aromatic carbocycles. The Balaban J connectivity index is 1.22. The van der Waals surface area contributed by atoms with Crippen LogP contribution in [0.4, 0.5) is 4.79 Å². The molecule has 0 aromatic heterocycles. The first-order valence-electron chi connectivity index (χ1n) is 16.0. The molecular weight excluding hydrogens is 478 g/mol. The lowest BCUT2D eigenvalue weighted by molar-refractivity contribution is -0.203. The summed E-state index contributed by atoms with van der Waals surface area (Å²) >= 11 is 0. The molecule has 0 radical (unpaired) electrons. The second-order valence-corrected chi connectivity index (χ2v) is 14.6. The lowest BCUT2D eigenvalue weighted by Gasteiger charge is -2.64. The van der Waals surface area contributed by atoms with Crippen molar-refractivity contribution in [2.24, 2.45) is 58.2 Å². The summed E-state index contributed by atoms with van der Waals surface area (Å²) in [5.74, 6) is 3.68. The number of hydrogen-bond donors (Lipinski definition) is 3. The van der Waals surface area contributed by atoms with E-state index in [0.29, 0.717) is 67.0 Å². The van der Waals surface area contributed by atoms with Crippen molar-refractivity contribution < 1.29 is 24.9 Å². The molecule has 0 bridgehead atoms. The molecule has 5 aliphatic rings. The highest BCUT2D eigenvalue weighted by Crippen LogP contribution is 2.69. The van der Waals surface area contributed by atoms with Crippen LogP contribution in [0.1, 0.15) is 98.3 Å². The molecule has 6 heteroatoms. The second-order valence-electron chi connectivity index (χ2n) is 14.6. The van der Waals surface area contributed by atoms with Crippen molar-refractivity contribution in [3.63, 3.8) is 0 Å². The van der Waals surface area contributed by atoms with Gasteiger partial charge in [0.2, 0.25) is 0 Å². The van der Waals surface area contributed by atoms with Gasteiger partial charge in [-0.15, -0.1) is 0 Å². The number of rotatable bonds is 6. The highest BCUT2D eigenvalue weighted by atomic mass is 16.6. The molecule has 38 heavy (non-hydrogen) atoms. The zero-order chi connectivity index (χ0) is 27.2. The minimum absolute atomic E-state index is 0.194. The number of aliphatic hydroxyl groups is 3. The Morgan fingerprint density at radius 1 is 0.974 bits per heavy atom. The minimum atomic E-state index is -0.247. The Hall–Kier alpha value is -0.850. The molecule has 0 aromatic rings. The van der Waals surface area contributed by atoms with Crippen LogP contribution in [0.2, 0.25) is 0 Å². The molecule has 2 unspecified atom stereocenters. The van der Waals surface area contributed by atoms with E-state index in [9.17, 15) is 20.1 Å². The smallest absolute Gasteiger partial charge is 0.409 e. The Kier molecular flexibility index (Phi) is 8.45. The summed E-state index contributed by atoms with van der Waals surface area (Å²) < 4.78 is 5.73. The fraction of sp³-hybridized carbons (Fsp3) is 0.969. The van der Waals surface area contributed by atoms with Gasteiger partial charge in [-0.2, -0.15) is 0 Å². The highest BCUT2D eigenvalue weighted by molar-refractivity contribution is 5.67. The number of aliphatic hydroxyl groups excluding tert-OH is 3. The van der Waals surface area contributed by atoms with Crippen LogP contribution >= 0.6 is 0 Å². The quantitative estimate of drug-likeness (QED) is 0.421. The van der Waals surface area contributed by atoms with E-state index in [4.69, 9.17) is 4.74 Å². The Bertz CT molecular complexity index is 829. The molecule has 5 fully saturated rings. The van der Waals surface area contributed by atoms with Gasteiger partial charge in [0, 0.05) is 19.7 Å². The first-order valence-corrected chi connectivity index (χ1v) is 16.0. The molecule has 4 aliphatic carbocycles. The van der Waals surface area contributed by atoms with E-state index in [1.54, 1.807) is 4.90 Å². The van der Waals surface area contributed by atoms with Gasteiger partial charge in [-0.3, -0.25) is 0 Å². The Morgan fingerprint density at radius 2 is 1.66 bits per heavy atom. The van der Waals surface area contributed by atoms with Crippen molar-refractivity contribution in [2.45, 2.75) is 111 Å². The first-order chi connectivity index (χ1) is 18.1. The maximum atomic E-state index is 12.6. The molecule has 218 valence electrons. The summed E-state index contributed by atoms with van der Waals surface area (Å²) in [6, 6.07) is 0. The zero-order valence-electron chi connectivity index (χ0n) is 24.5. The number of piperidine rings is 1. The lowest BCUT2D eigenvalue weighted by Crippen LogP contribution is -2.62. The summed E-state index contributed by atoms with van der Waals surface area (Å²) in [6.45, 7) is 11.7. The van der Waals surface area contributed by atoms with Gasteiger partial charge in [0.05, 0.1) is 18.8 Å². The van der Waals surface area contributed by atoms with Crippen LogP contribution in [0, 0.1) is 58.2 Å². The summed E-state index contributed by atoms with van der Waals surface area (Å²) in [7, 11) is 0. The molecule has 1 aliphatic heterocycles. The maximum absolute atomic E-state index is 12.6. The third-order valence-corrected chi connectivity index (χ3v) is 13.1. The zero-order valence-corrected chi connectivity index (χ0v) is 24.5. The number of ether oxygens (including phenoxy) is 1. The predicted molar refractivity (Wildman–Crippen MR) is 148 cm³/mol. The van der Waals surface area contributed by atoms with Crippen LogP contribution in [0.3, 0.4) is 0 Å². The van der Waals surface area contributed by atoms with E-state index in [1.165, 1.54) is 25.7 Å². The number of nitrogens with zero attached hydrogens (tertiary/aromatic N) is 1. The van der Waals surface area contributed by atoms with E-state index in [0.717, 1.165) is 44.9 Å². The minimum Gasteiger partial charge on any atom is -0.449 e. The molecule has 4 saturated carbocycles. The number of likely N-dealkylation sites (tertiary alicyclic amines) is 1. The van der Waals surface area contributed by atoms with Gasteiger partial charge in [-0.25, -0.2) is 4.79 Å². The van der Waals surface area contributed by atoms with Crippen molar-refractivity contribution in [2.75, 3.05) is 26.3 Å². The monoisotopic (exact) mass is 533 g/mol. The van der Waals surface area contributed by atoms with Crippen LogP contribution in [-0.2, 0) is 4.74 Å². The predicted octanol–water partition coefficient (Wildman–Crippen LogP) is 5.48. The van der Waals surface area contributed by atoms with Gasteiger partial charge in [-0.05, 0) is 122 Å². The molecule has 1 saturated heterocycles. The van der Waals surface area contributed by atoms with Crippen LogP contribution < -0.4 is 0 Å². The molecule has 5 rings (SSSR count). The third kappa shape index (κ3) is 4.83. The molecular formula is C32H55NO5. The van der Waals surface area contributed by atoms with Crippen molar-refractivity contribution in [1.82, 2.24) is 4.90 Å². The average molecular weight is 534 g/mol. The van der Waals surface area contributed by atoms with E-state index < -0.39 is 0 Å². The number of carbonyl (C=O) groups is 1. The second kappa shape index (κ2) is 11.2. The topological polar surface area (TPSA) is 90.2 Å². The fourth-order valence-electron chi connectivity index (χ4n) is 10.9. The average Bonchev–Trinajstić information content (AvgIpc) is 3.27. The van der Waals surface area contributed by atoms with E-state index in [1.807, 2.05) is 0 Å². The lowest BCUT2D eigenvalue weighted by atomic mass is 9.41. The van der Waals surface area contributed by atoms with Crippen LogP contribution in [-0.4, -0.2) is 64.8 Å². The molecule has 6 nitrogen and oxygen atoms in total. The highest BCUT2D eigenvalue weighted by Gasteiger charge is 2.64. The third-order valence-electron chi connectivity index (χ3n) is 13.1. The Labute approximate surface area is 230 Å². The summed E-state index contributed by atoms with van der Waals surface area (Å²) in [5.41, 5.74) is 0.488. The molecule has 0 spiro atoms. The van der Waals surface area contributed by atoms with Crippen molar-refractivity contribution in [1.29, 1.82) is 0 Å². The molecule has 1 heterocycles. The van der Waals surface area contributed by atoms with Gasteiger partial charge in [0.1, 0.15) is 0 Å². The number of amides is 1. The fourth-order valence-corrected chi connectivity index (χ4v) is 10.9. The van der Waals surface area contributed by atoms with Crippen LogP contribution in [0.5, 0.6) is 0 Å². The summed E-state index contributed by atoms with van der Waals surface area (Å²) in [6.07, 6.45) is 10.8. The molecule has 11 atom stereocenters. The van der Waals surface area contributed by atoms with E-state index >= 15 is 0 Å². The summed E-state index contributed by atoms with van der Waals surface area (Å²) in [5, 5.41) is 31.8. The largest absolute Gasteiger partial charge is 0.449 e. The van der Waals surface area contributed by atoms with Gasteiger partial charge in [0.15, 0.2) is 0 Å². The van der Waals surface area contributed by atoms with Crippen molar-refractivity contribution >= 4 is 6.09 Å². The number of fused-ring (bicyclic) bond motifs is 5. The van der Waals surface area contributed by atoms with Gasteiger partial charge in [0.25, 0.3) is 0 Å². The number of carbonyl (C=O) groups excluding carboxylic acids is 1. The first kappa shape index (κ1) is 28.7. The van der Waals surface area contributed by atoms with Gasteiger partial charge < -0.3 is 25.0 Å². The standard InChI is InChI=1S/C32H55NO5/c1-5-23-27-18-22(35)8-13-32(27,4)26-9-14-31(3)24(6-7-25(31)28(26)29(23)36)20(2)12-17-38-30(37)33-15-10-21(19-34)11-16-33/h20-29,34-36H,5-19H2,1-4H3/t20-,22-,23-,24-,25+,26?,27?,28+,29-,31-,32-/m1/s1. The van der Waals surface area contributed by atoms with E-state index in [2.05, 4.69) is 27.7 Å². The van der Waals surface area contributed by atoms with Crippen LogP contribution in [0.15, 0.2) is 0 Å². The molecule has 1 amide bonds. The van der Waals surface area contributed by atoms with Crippen molar-refractivity contribution in [3.8, 4) is 0 Å². The van der Waals surface area contributed by atoms with Crippen LogP contribution in [0.25, 0.3) is 0 Å². The summed E-state index contributed by atoms with van der Waals surface area (Å²) in [4.78, 5) is 14.4. The van der Waals surface area contributed by atoms with Gasteiger partial charge in [-0.1, -0.05) is 34.1 Å². The Morgan fingerprint density at radius 3 is 2.34 bits per heavy atom. The van der Waals surface area contributed by atoms with Gasteiger partial charge >= 0.3 is 6.09 Å². The van der Waals surface area contributed by atoms with E-state index in [-0.39, 0.29) is 35.7 Å². The molecule has 3 N–H and O–H groups in total. The maximum Gasteiger partial charge on any atom is 0.409 e. The van der Waals surface area contributed by atoms with Crippen molar-refractivity contribution in [3.05, 3.63) is 0 Å².